The van der Waals surface area contributed by atoms with Gasteiger partial charge in [-0.1, -0.05) is 44.5 Å². The predicted octanol–water partition coefficient (Wildman–Crippen LogP) is 4.03. The van der Waals surface area contributed by atoms with E-state index < -0.39 is 29.2 Å². The van der Waals surface area contributed by atoms with Crippen molar-refractivity contribution in [1.29, 1.82) is 0 Å². The molecule has 2 heterocycles. The molecule has 2 atom stereocenters. The van der Waals surface area contributed by atoms with Crippen LogP contribution in [0.3, 0.4) is 0 Å². The Morgan fingerprint density at radius 3 is 2.38 bits per heavy atom. The van der Waals surface area contributed by atoms with Crippen LogP contribution >= 0.6 is 11.6 Å². The van der Waals surface area contributed by atoms with Crippen LogP contribution in [0.15, 0.2) is 51.7 Å². The van der Waals surface area contributed by atoms with Gasteiger partial charge < -0.3 is 19.7 Å². The Hall–Kier alpha value is -3.63. The summed E-state index contributed by atoms with van der Waals surface area (Å²) in [6.07, 6.45) is -0.498. The van der Waals surface area contributed by atoms with E-state index in [1.54, 1.807) is 35.2 Å². The molecular weight excluding hydrogens is 536 g/mol. The number of amides is 2. The van der Waals surface area contributed by atoms with E-state index in [1.807, 2.05) is 32.9 Å². The number of ketones is 1. The third kappa shape index (κ3) is 7.31. The molecule has 2 aromatic carbocycles. The lowest BCUT2D eigenvalue weighted by molar-refractivity contribution is -0.139. The van der Waals surface area contributed by atoms with E-state index in [9.17, 15) is 24.3 Å². The van der Waals surface area contributed by atoms with E-state index in [1.165, 1.54) is 0 Å². The van der Waals surface area contributed by atoms with Gasteiger partial charge in [-0.2, -0.15) is 0 Å². The number of carboxylic acid groups (broad SMARTS) is 1. The molecule has 1 aliphatic heterocycles. The average Bonchev–Trinajstić information content (AvgIpc) is 3.28. The standard InChI is InChI=1S/C29H35ClN4O6/c1-29(2,3)25(32-27(37)38)21(16-18-4-7-20(30)8-5-18)26(36)34-14-12-33(13-15-34)11-10-23(35)19-6-9-22-24(17-19)40-28(39)31-22/h4-9,17,21,25,32H,10-16H2,1-3H3,(H,31,39)(H,37,38)/t21-,25?/m1/s1. The van der Waals surface area contributed by atoms with Gasteiger partial charge in [-0.15, -0.1) is 0 Å². The van der Waals surface area contributed by atoms with Crippen molar-refractivity contribution in [2.75, 3.05) is 32.7 Å². The Balaban J connectivity index is 1.39. The summed E-state index contributed by atoms with van der Waals surface area (Å²) in [7, 11) is 0. The average molecular weight is 571 g/mol. The molecule has 0 aliphatic carbocycles. The number of halogens is 1. The molecule has 0 bridgehead atoms. The zero-order valence-electron chi connectivity index (χ0n) is 22.9. The summed E-state index contributed by atoms with van der Waals surface area (Å²) in [4.78, 5) is 56.2. The number of Topliss-reactive ketones (excluding diaryl/α,β-unsaturated/α-hetero) is 1. The molecule has 10 nitrogen and oxygen atoms in total. The predicted molar refractivity (Wildman–Crippen MR) is 152 cm³/mol. The van der Waals surface area contributed by atoms with Crippen molar-refractivity contribution >= 4 is 40.5 Å². The molecular formula is C29H35ClN4O6. The molecule has 1 aromatic heterocycles. The maximum atomic E-state index is 13.9. The van der Waals surface area contributed by atoms with Gasteiger partial charge in [0.25, 0.3) is 0 Å². The molecule has 1 saturated heterocycles. The highest BCUT2D eigenvalue weighted by Gasteiger charge is 2.40. The second-order valence-corrected chi connectivity index (χ2v) is 11.7. The topological polar surface area (TPSA) is 136 Å². The van der Waals surface area contributed by atoms with Crippen LogP contribution in [0.25, 0.3) is 11.1 Å². The molecule has 4 rings (SSSR count). The maximum Gasteiger partial charge on any atom is 0.417 e. The zero-order valence-corrected chi connectivity index (χ0v) is 23.7. The molecule has 3 aromatic rings. The summed E-state index contributed by atoms with van der Waals surface area (Å²) in [6, 6.07) is 11.5. The summed E-state index contributed by atoms with van der Waals surface area (Å²) >= 11 is 6.05. The van der Waals surface area contributed by atoms with Gasteiger partial charge in [-0.05, 0) is 47.7 Å². The van der Waals surface area contributed by atoms with Crippen LogP contribution in [0, 0.1) is 11.3 Å². The Morgan fingerprint density at radius 1 is 1.07 bits per heavy atom. The number of nitrogens with zero attached hydrogens (tertiary/aromatic N) is 2. The third-order valence-electron chi connectivity index (χ3n) is 7.38. The van der Waals surface area contributed by atoms with Crippen molar-refractivity contribution in [2.24, 2.45) is 11.3 Å². The molecule has 1 fully saturated rings. The van der Waals surface area contributed by atoms with Gasteiger partial charge >= 0.3 is 11.8 Å². The number of oxazole rings is 1. The number of hydrogen-bond donors (Lipinski definition) is 3. The molecule has 2 amide bonds. The molecule has 1 unspecified atom stereocenters. The number of carbonyl (C=O) groups is 3. The van der Waals surface area contributed by atoms with Crippen LogP contribution in [0.1, 0.15) is 43.1 Å². The Morgan fingerprint density at radius 2 is 1.75 bits per heavy atom. The minimum Gasteiger partial charge on any atom is -0.465 e. The Labute approximate surface area is 237 Å². The highest BCUT2D eigenvalue weighted by Crippen LogP contribution is 2.30. The number of benzene rings is 2. The third-order valence-corrected chi connectivity index (χ3v) is 7.63. The highest BCUT2D eigenvalue weighted by atomic mass is 35.5. The van der Waals surface area contributed by atoms with Crippen molar-refractivity contribution < 1.29 is 23.9 Å². The van der Waals surface area contributed by atoms with Gasteiger partial charge in [0, 0.05) is 55.8 Å². The molecule has 40 heavy (non-hydrogen) atoms. The summed E-state index contributed by atoms with van der Waals surface area (Å²) < 4.78 is 5.05. The highest BCUT2D eigenvalue weighted by molar-refractivity contribution is 6.30. The summed E-state index contributed by atoms with van der Waals surface area (Å²) in [5.41, 5.74) is 1.77. The van der Waals surface area contributed by atoms with Gasteiger partial charge in [0.2, 0.25) is 5.91 Å². The number of aromatic nitrogens is 1. The monoisotopic (exact) mass is 570 g/mol. The first-order valence-corrected chi connectivity index (χ1v) is 13.7. The van der Waals surface area contributed by atoms with E-state index in [0.717, 1.165) is 5.56 Å². The zero-order chi connectivity index (χ0) is 29.0. The number of fused-ring (bicyclic) bond motifs is 1. The summed E-state index contributed by atoms with van der Waals surface area (Å²) in [5, 5.41) is 12.8. The number of nitrogens with one attached hydrogen (secondary N) is 2. The largest absolute Gasteiger partial charge is 0.465 e. The minimum absolute atomic E-state index is 0.0555. The van der Waals surface area contributed by atoms with Crippen molar-refractivity contribution in [3.63, 3.8) is 0 Å². The van der Waals surface area contributed by atoms with Gasteiger partial charge in [0.15, 0.2) is 11.4 Å². The number of hydrogen-bond acceptors (Lipinski definition) is 6. The fraction of sp³-hybridized carbons (Fsp3) is 0.448. The smallest absolute Gasteiger partial charge is 0.417 e. The number of carbonyl (C=O) groups excluding carboxylic acids is 2. The van der Waals surface area contributed by atoms with Crippen molar-refractivity contribution in [1.82, 2.24) is 20.1 Å². The van der Waals surface area contributed by atoms with Crippen LogP contribution in [0.4, 0.5) is 4.79 Å². The number of H-pyrrole nitrogens is 1. The lowest BCUT2D eigenvalue weighted by Crippen LogP contribution is -2.57. The molecule has 3 N–H and O–H groups in total. The fourth-order valence-electron chi connectivity index (χ4n) is 5.23. The number of rotatable bonds is 9. The second-order valence-electron chi connectivity index (χ2n) is 11.3. The Bertz CT molecular complexity index is 1420. The molecule has 0 spiro atoms. The van der Waals surface area contributed by atoms with Crippen molar-refractivity contribution in [3.05, 3.63) is 69.2 Å². The Kier molecular flexibility index (Phi) is 9.00. The molecule has 0 saturated carbocycles. The van der Waals surface area contributed by atoms with E-state index in [2.05, 4.69) is 15.2 Å². The lowest BCUT2D eigenvalue weighted by atomic mass is 9.76. The lowest BCUT2D eigenvalue weighted by Gasteiger charge is -2.41. The van der Waals surface area contributed by atoms with Crippen molar-refractivity contribution in [3.8, 4) is 0 Å². The van der Waals surface area contributed by atoms with Crippen LogP contribution in [-0.4, -0.2) is 76.4 Å². The van der Waals surface area contributed by atoms with Gasteiger partial charge in [-0.3, -0.25) is 19.5 Å². The van der Waals surface area contributed by atoms with E-state index in [0.29, 0.717) is 67.3 Å². The van der Waals surface area contributed by atoms with Crippen LogP contribution < -0.4 is 11.1 Å². The molecule has 0 radical (unpaired) electrons. The van der Waals surface area contributed by atoms with Gasteiger partial charge in [0.1, 0.15) is 0 Å². The fourth-order valence-corrected chi connectivity index (χ4v) is 5.35. The SMILES string of the molecule is CC(C)(C)C(NC(=O)O)[C@@H](Cc1ccc(Cl)cc1)C(=O)N1CCN(CCC(=O)c2ccc3[nH]c(=O)oc3c2)CC1. The van der Waals surface area contributed by atoms with Gasteiger partial charge in [0.05, 0.1) is 11.4 Å². The van der Waals surface area contributed by atoms with E-state index >= 15 is 0 Å². The number of aromatic amines is 1. The van der Waals surface area contributed by atoms with E-state index in [4.69, 9.17) is 16.0 Å². The first kappa shape index (κ1) is 29.4. The normalized spacial score (nSPS) is 16.1. The van der Waals surface area contributed by atoms with Crippen LogP contribution in [-0.2, 0) is 11.2 Å². The quantitative estimate of drug-likeness (QED) is 0.330. The molecule has 1 aliphatic rings. The summed E-state index contributed by atoms with van der Waals surface area (Å²) in [5.74, 6) is -1.32. The van der Waals surface area contributed by atoms with Crippen molar-refractivity contribution in [2.45, 2.75) is 39.7 Å². The summed E-state index contributed by atoms with van der Waals surface area (Å²) in [6.45, 7) is 8.47. The first-order valence-electron chi connectivity index (χ1n) is 13.3. The number of piperazine rings is 1. The second kappa shape index (κ2) is 12.3. The van der Waals surface area contributed by atoms with Gasteiger partial charge in [-0.25, -0.2) is 9.59 Å². The first-order chi connectivity index (χ1) is 18.9. The maximum absolute atomic E-state index is 13.9. The van der Waals surface area contributed by atoms with Crippen LogP contribution in [0.2, 0.25) is 5.02 Å². The van der Waals surface area contributed by atoms with E-state index in [-0.39, 0.29) is 11.7 Å². The molecule has 11 heteroatoms. The molecule has 214 valence electrons. The minimum atomic E-state index is -1.17. The van der Waals surface area contributed by atoms with Crippen LogP contribution in [0.5, 0.6) is 0 Å².